The number of carbonyl (C=O) groups is 2. The van der Waals surface area contributed by atoms with Gasteiger partial charge in [0, 0.05) is 12.2 Å². The van der Waals surface area contributed by atoms with Crippen LogP contribution in [0.15, 0.2) is 78.5 Å². The predicted molar refractivity (Wildman–Crippen MR) is 140 cm³/mol. The number of allylic oxidation sites excluding steroid dienone is 1. The van der Waals surface area contributed by atoms with Crippen LogP contribution in [0.1, 0.15) is 57.4 Å². The van der Waals surface area contributed by atoms with Gasteiger partial charge in [0.1, 0.15) is 24.0 Å². The fourth-order valence-electron chi connectivity index (χ4n) is 4.19. The fraction of sp³-hybridized carbons (Fsp3) is 0.310. The molecule has 0 saturated carbocycles. The zero-order valence-corrected chi connectivity index (χ0v) is 22.1. The number of hydrogen-bond donors (Lipinski definition) is 0. The van der Waals surface area contributed by atoms with E-state index in [2.05, 4.69) is 17.6 Å². The van der Waals surface area contributed by atoms with Gasteiger partial charge in [-0.1, -0.05) is 36.9 Å². The SMILES string of the molecule is C=CCOC(=O)OC1=C(C)N(C(C)C)C(c2ccccn2)=C(OC(=O)OC(C)C)C1c1ccccc1C#N. The van der Waals surface area contributed by atoms with Crippen LogP contribution >= 0.6 is 0 Å². The van der Waals surface area contributed by atoms with Crippen LogP contribution in [0.4, 0.5) is 9.59 Å². The molecule has 0 bridgehead atoms. The number of carbonyl (C=O) groups excluding carboxylic acids is 2. The lowest BCUT2D eigenvalue weighted by Crippen LogP contribution is -2.37. The molecule has 0 amide bonds. The van der Waals surface area contributed by atoms with Gasteiger partial charge in [-0.3, -0.25) is 4.98 Å². The minimum absolute atomic E-state index is 0.0579. The molecule has 1 aromatic heterocycles. The Bertz CT molecular complexity index is 1290. The van der Waals surface area contributed by atoms with Crippen LogP contribution < -0.4 is 0 Å². The average Bonchev–Trinajstić information content (AvgIpc) is 2.88. The molecular formula is C29H31N3O6. The Balaban J connectivity index is 2.37. The molecule has 9 heteroatoms. The molecule has 0 spiro atoms. The third kappa shape index (κ3) is 6.21. The molecule has 0 saturated heterocycles. The van der Waals surface area contributed by atoms with Gasteiger partial charge in [0.05, 0.1) is 29.1 Å². The third-order valence-electron chi connectivity index (χ3n) is 5.57. The van der Waals surface area contributed by atoms with E-state index in [9.17, 15) is 14.9 Å². The molecule has 1 aliphatic rings. The van der Waals surface area contributed by atoms with Gasteiger partial charge in [-0.05, 0) is 58.4 Å². The zero-order chi connectivity index (χ0) is 27.8. The van der Waals surface area contributed by atoms with E-state index >= 15 is 0 Å². The average molecular weight is 518 g/mol. The normalized spacial score (nSPS) is 15.3. The molecule has 1 aromatic carbocycles. The highest BCUT2D eigenvalue weighted by Gasteiger charge is 2.42. The Kier molecular flexibility index (Phi) is 9.28. The van der Waals surface area contributed by atoms with Gasteiger partial charge in [0.15, 0.2) is 5.76 Å². The van der Waals surface area contributed by atoms with Gasteiger partial charge >= 0.3 is 12.3 Å². The number of pyridine rings is 1. The molecule has 1 unspecified atom stereocenters. The number of nitrogens with zero attached hydrogens (tertiary/aromatic N) is 3. The molecule has 0 aliphatic carbocycles. The van der Waals surface area contributed by atoms with E-state index < -0.39 is 24.3 Å². The summed E-state index contributed by atoms with van der Waals surface area (Å²) in [6.45, 7) is 12.6. The second-order valence-electron chi connectivity index (χ2n) is 8.94. The van der Waals surface area contributed by atoms with E-state index in [4.69, 9.17) is 18.9 Å². The van der Waals surface area contributed by atoms with Crippen molar-refractivity contribution >= 4 is 18.0 Å². The predicted octanol–water partition coefficient (Wildman–Crippen LogP) is 6.26. The molecule has 1 aliphatic heterocycles. The number of rotatable bonds is 8. The lowest BCUT2D eigenvalue weighted by Gasteiger charge is -2.40. The first-order valence-electron chi connectivity index (χ1n) is 12.2. The smallest absolute Gasteiger partial charge is 0.431 e. The van der Waals surface area contributed by atoms with Crippen LogP contribution in [0, 0.1) is 11.3 Å². The Labute approximate surface area is 222 Å². The summed E-state index contributed by atoms with van der Waals surface area (Å²) in [6.07, 6.45) is 0.688. The number of nitriles is 1. The van der Waals surface area contributed by atoms with Crippen molar-refractivity contribution in [1.82, 2.24) is 9.88 Å². The maximum Gasteiger partial charge on any atom is 0.513 e. The van der Waals surface area contributed by atoms with E-state index in [1.807, 2.05) is 24.8 Å². The second kappa shape index (κ2) is 12.6. The third-order valence-corrected chi connectivity index (χ3v) is 5.57. The summed E-state index contributed by atoms with van der Waals surface area (Å²) in [5.41, 5.74) is 2.31. The summed E-state index contributed by atoms with van der Waals surface area (Å²) in [5.74, 6) is -0.737. The van der Waals surface area contributed by atoms with Crippen LogP contribution in [-0.4, -0.2) is 40.9 Å². The molecular weight excluding hydrogens is 486 g/mol. The molecule has 0 N–H and O–H groups in total. The summed E-state index contributed by atoms with van der Waals surface area (Å²) >= 11 is 0. The molecule has 0 radical (unpaired) electrons. The van der Waals surface area contributed by atoms with E-state index in [-0.39, 0.29) is 24.2 Å². The monoisotopic (exact) mass is 517 g/mol. The van der Waals surface area contributed by atoms with Crippen molar-refractivity contribution in [2.45, 2.75) is 52.7 Å². The molecule has 2 heterocycles. The van der Waals surface area contributed by atoms with Gasteiger partial charge < -0.3 is 23.8 Å². The minimum atomic E-state index is -0.978. The van der Waals surface area contributed by atoms with Crippen molar-refractivity contribution in [1.29, 1.82) is 5.26 Å². The molecule has 3 rings (SSSR count). The standard InChI is InChI=1S/C29H31N3O6/c1-7-16-35-28(33)37-26-20(6)32(18(2)3)25(23-14-10-11-15-31-23)27(38-29(34)36-19(4)5)24(26)22-13-9-8-12-21(22)17-30/h7-15,18-19,24H,1,16H2,2-6H3. The number of aromatic nitrogens is 1. The van der Waals surface area contributed by atoms with Crippen molar-refractivity contribution in [3.8, 4) is 6.07 Å². The largest absolute Gasteiger partial charge is 0.513 e. The molecule has 38 heavy (non-hydrogen) atoms. The molecule has 2 aromatic rings. The van der Waals surface area contributed by atoms with E-state index in [1.54, 1.807) is 63.4 Å². The van der Waals surface area contributed by atoms with Crippen molar-refractivity contribution in [2.75, 3.05) is 6.61 Å². The van der Waals surface area contributed by atoms with Crippen molar-refractivity contribution in [3.63, 3.8) is 0 Å². The highest BCUT2D eigenvalue weighted by Crippen LogP contribution is 2.47. The van der Waals surface area contributed by atoms with E-state index in [0.29, 0.717) is 28.2 Å². The summed E-state index contributed by atoms with van der Waals surface area (Å²) < 4.78 is 22.1. The van der Waals surface area contributed by atoms with Gasteiger partial charge in [-0.15, -0.1) is 0 Å². The van der Waals surface area contributed by atoms with Crippen LogP contribution in [0.2, 0.25) is 0 Å². The Morgan fingerprint density at radius 2 is 1.76 bits per heavy atom. The van der Waals surface area contributed by atoms with E-state index in [0.717, 1.165) is 0 Å². The second-order valence-corrected chi connectivity index (χ2v) is 8.94. The van der Waals surface area contributed by atoms with Gasteiger partial charge in [-0.2, -0.15) is 5.26 Å². The zero-order valence-electron chi connectivity index (χ0n) is 22.1. The number of benzene rings is 1. The highest BCUT2D eigenvalue weighted by atomic mass is 16.7. The number of hydrogen-bond acceptors (Lipinski definition) is 9. The van der Waals surface area contributed by atoms with Crippen LogP contribution in [0.25, 0.3) is 5.70 Å². The maximum atomic E-state index is 12.9. The van der Waals surface area contributed by atoms with Gasteiger partial charge in [0.2, 0.25) is 0 Å². The molecule has 0 fully saturated rings. The first kappa shape index (κ1) is 28.0. The van der Waals surface area contributed by atoms with Crippen molar-refractivity contribution in [3.05, 3.63) is 95.4 Å². The number of ether oxygens (including phenoxy) is 4. The Morgan fingerprint density at radius 3 is 2.37 bits per heavy atom. The first-order valence-corrected chi connectivity index (χ1v) is 12.2. The quantitative estimate of drug-likeness (QED) is 0.296. The first-order chi connectivity index (χ1) is 18.2. The lowest BCUT2D eigenvalue weighted by molar-refractivity contribution is 0.0458. The van der Waals surface area contributed by atoms with Crippen LogP contribution in [-0.2, 0) is 18.9 Å². The highest BCUT2D eigenvalue weighted by molar-refractivity contribution is 5.75. The van der Waals surface area contributed by atoms with Crippen molar-refractivity contribution < 1.29 is 28.5 Å². The molecule has 1 atom stereocenters. The molecule has 198 valence electrons. The molecule has 9 nitrogen and oxygen atoms in total. The topological polar surface area (TPSA) is 111 Å². The van der Waals surface area contributed by atoms with E-state index in [1.165, 1.54) is 6.08 Å². The van der Waals surface area contributed by atoms with Crippen molar-refractivity contribution in [2.24, 2.45) is 0 Å². The summed E-state index contributed by atoms with van der Waals surface area (Å²) in [4.78, 5) is 32.0. The summed E-state index contributed by atoms with van der Waals surface area (Å²) in [5, 5.41) is 9.93. The van der Waals surface area contributed by atoms with Crippen LogP contribution in [0.3, 0.4) is 0 Å². The lowest BCUT2D eigenvalue weighted by atomic mass is 9.86. The fourth-order valence-corrected chi connectivity index (χ4v) is 4.19. The Hall–Kier alpha value is -4.58. The van der Waals surface area contributed by atoms with Gasteiger partial charge in [-0.25, -0.2) is 9.59 Å². The van der Waals surface area contributed by atoms with Gasteiger partial charge in [0.25, 0.3) is 0 Å². The minimum Gasteiger partial charge on any atom is -0.431 e. The summed E-state index contributed by atoms with van der Waals surface area (Å²) in [7, 11) is 0. The maximum absolute atomic E-state index is 12.9. The van der Waals surface area contributed by atoms with Crippen LogP contribution in [0.5, 0.6) is 0 Å². The Morgan fingerprint density at radius 1 is 1.08 bits per heavy atom. The summed E-state index contributed by atoms with van der Waals surface area (Å²) in [6, 6.07) is 14.2.